The van der Waals surface area contributed by atoms with Gasteiger partial charge in [-0.25, -0.2) is 0 Å². The first kappa shape index (κ1) is 14.1. The second-order valence-corrected chi connectivity index (χ2v) is 4.82. The van der Waals surface area contributed by atoms with Gasteiger partial charge in [-0.3, -0.25) is 9.78 Å². The van der Waals surface area contributed by atoms with Crippen LogP contribution in [0.5, 0.6) is 5.75 Å². The van der Waals surface area contributed by atoms with Gasteiger partial charge < -0.3 is 10.0 Å². The quantitative estimate of drug-likeness (QED) is 0.928. The molecule has 0 bridgehead atoms. The second-order valence-electron chi connectivity index (χ2n) is 4.82. The average molecular weight is 270 g/mol. The number of nitrogens with zero attached hydrogens (tertiary/aromatic N) is 2. The van der Waals surface area contributed by atoms with Crippen LogP contribution in [0.25, 0.3) is 0 Å². The third kappa shape index (κ3) is 3.35. The van der Waals surface area contributed by atoms with Crippen LogP contribution in [-0.2, 0) is 6.42 Å². The summed E-state index contributed by atoms with van der Waals surface area (Å²) in [6, 6.07) is 10.8. The van der Waals surface area contributed by atoms with Crippen LogP contribution in [0.15, 0.2) is 42.6 Å². The van der Waals surface area contributed by atoms with Crippen molar-refractivity contribution in [2.24, 2.45) is 0 Å². The zero-order valence-corrected chi connectivity index (χ0v) is 11.7. The van der Waals surface area contributed by atoms with Gasteiger partial charge in [-0.05, 0) is 31.2 Å². The van der Waals surface area contributed by atoms with Gasteiger partial charge in [0.15, 0.2) is 0 Å². The van der Waals surface area contributed by atoms with E-state index in [2.05, 4.69) is 4.98 Å². The number of phenols is 1. The zero-order chi connectivity index (χ0) is 14.5. The van der Waals surface area contributed by atoms with Crippen molar-refractivity contribution in [2.75, 3.05) is 13.6 Å². The number of benzene rings is 1. The molecule has 0 unspecified atom stereocenters. The van der Waals surface area contributed by atoms with Crippen molar-refractivity contribution in [1.82, 2.24) is 9.88 Å². The van der Waals surface area contributed by atoms with Crippen LogP contribution in [0.2, 0.25) is 0 Å². The number of likely N-dealkylation sites (N-methyl/N-ethyl adjacent to an activating group) is 1. The Bertz CT molecular complexity index is 597. The Morgan fingerprint density at radius 2 is 2.10 bits per heavy atom. The van der Waals surface area contributed by atoms with E-state index in [1.807, 2.05) is 25.1 Å². The molecule has 0 spiro atoms. The summed E-state index contributed by atoms with van der Waals surface area (Å²) in [6.45, 7) is 2.45. The number of carbonyl (C=O) groups excluding carboxylic acids is 1. The molecule has 1 aromatic heterocycles. The van der Waals surface area contributed by atoms with Crippen LogP contribution >= 0.6 is 0 Å². The first-order chi connectivity index (χ1) is 9.58. The monoisotopic (exact) mass is 270 g/mol. The van der Waals surface area contributed by atoms with E-state index in [1.165, 1.54) is 0 Å². The molecule has 4 nitrogen and oxygen atoms in total. The molecule has 104 valence electrons. The Hall–Kier alpha value is -2.36. The Morgan fingerprint density at radius 3 is 2.80 bits per heavy atom. The van der Waals surface area contributed by atoms with Gasteiger partial charge >= 0.3 is 0 Å². The first-order valence-electron chi connectivity index (χ1n) is 6.53. The van der Waals surface area contributed by atoms with Crippen LogP contribution < -0.4 is 0 Å². The van der Waals surface area contributed by atoms with Crippen molar-refractivity contribution in [3.8, 4) is 5.75 Å². The fourth-order valence-corrected chi connectivity index (χ4v) is 1.96. The number of aryl methyl sites for hydroxylation is 1. The van der Waals surface area contributed by atoms with Crippen LogP contribution in [0.3, 0.4) is 0 Å². The number of aromatic hydroxyl groups is 1. The van der Waals surface area contributed by atoms with Crippen molar-refractivity contribution in [3.05, 3.63) is 59.4 Å². The third-order valence-corrected chi connectivity index (χ3v) is 3.16. The number of hydrogen-bond donors (Lipinski definition) is 1. The van der Waals surface area contributed by atoms with Gasteiger partial charge in [0.05, 0.1) is 5.56 Å². The zero-order valence-electron chi connectivity index (χ0n) is 11.7. The largest absolute Gasteiger partial charge is 0.507 e. The molecular formula is C16H18N2O2. The summed E-state index contributed by atoms with van der Waals surface area (Å²) in [5.41, 5.74) is 2.23. The standard InChI is InChI=1S/C16H18N2O2/c1-12-6-7-15(19)14(11-12)16(20)18(2)10-8-13-5-3-4-9-17-13/h3-7,9,11,19H,8,10H2,1-2H3. The Balaban J connectivity index is 2.03. The van der Waals surface area contributed by atoms with E-state index in [-0.39, 0.29) is 11.7 Å². The van der Waals surface area contributed by atoms with Crippen molar-refractivity contribution in [2.45, 2.75) is 13.3 Å². The summed E-state index contributed by atoms with van der Waals surface area (Å²) in [4.78, 5) is 18.1. The van der Waals surface area contributed by atoms with E-state index in [1.54, 1.807) is 36.3 Å². The van der Waals surface area contributed by atoms with Crippen molar-refractivity contribution in [3.63, 3.8) is 0 Å². The fraction of sp³-hybridized carbons (Fsp3) is 0.250. The highest BCUT2D eigenvalue weighted by molar-refractivity contribution is 5.96. The lowest BCUT2D eigenvalue weighted by molar-refractivity contribution is 0.0793. The average Bonchev–Trinajstić information content (AvgIpc) is 2.47. The van der Waals surface area contributed by atoms with E-state index < -0.39 is 0 Å². The van der Waals surface area contributed by atoms with E-state index in [0.717, 1.165) is 11.3 Å². The van der Waals surface area contributed by atoms with E-state index in [0.29, 0.717) is 18.5 Å². The highest BCUT2D eigenvalue weighted by Gasteiger charge is 2.15. The maximum absolute atomic E-state index is 12.3. The molecule has 0 aliphatic heterocycles. The maximum atomic E-state index is 12.3. The minimum atomic E-state index is -0.179. The van der Waals surface area contributed by atoms with Gasteiger partial charge in [-0.15, -0.1) is 0 Å². The lowest BCUT2D eigenvalue weighted by atomic mass is 10.1. The lowest BCUT2D eigenvalue weighted by Crippen LogP contribution is -2.29. The van der Waals surface area contributed by atoms with Gasteiger partial charge in [0.1, 0.15) is 5.75 Å². The van der Waals surface area contributed by atoms with Gasteiger partial charge in [0.25, 0.3) is 5.91 Å². The SMILES string of the molecule is Cc1ccc(O)c(C(=O)N(C)CCc2ccccn2)c1. The lowest BCUT2D eigenvalue weighted by Gasteiger charge is -2.18. The second kappa shape index (κ2) is 6.19. The van der Waals surface area contributed by atoms with Crippen LogP contribution in [-0.4, -0.2) is 34.5 Å². The smallest absolute Gasteiger partial charge is 0.257 e. The molecule has 1 amide bonds. The summed E-state index contributed by atoms with van der Waals surface area (Å²) in [6.07, 6.45) is 2.43. The van der Waals surface area contributed by atoms with Gasteiger partial charge in [0.2, 0.25) is 0 Å². The Kier molecular flexibility index (Phi) is 4.35. The molecule has 1 heterocycles. The molecule has 1 aromatic carbocycles. The van der Waals surface area contributed by atoms with E-state index >= 15 is 0 Å². The highest BCUT2D eigenvalue weighted by atomic mass is 16.3. The molecule has 0 aliphatic rings. The molecule has 0 saturated carbocycles. The third-order valence-electron chi connectivity index (χ3n) is 3.16. The van der Waals surface area contributed by atoms with Crippen LogP contribution in [0, 0.1) is 6.92 Å². The van der Waals surface area contributed by atoms with Crippen molar-refractivity contribution < 1.29 is 9.90 Å². The molecular weight excluding hydrogens is 252 g/mol. The predicted octanol–water partition coefficient (Wildman–Crippen LogP) is 2.41. The topological polar surface area (TPSA) is 53.4 Å². The summed E-state index contributed by atoms with van der Waals surface area (Å²) in [7, 11) is 1.73. The van der Waals surface area contributed by atoms with Gasteiger partial charge in [0, 0.05) is 31.9 Å². The number of hydrogen-bond acceptors (Lipinski definition) is 3. The Morgan fingerprint density at radius 1 is 1.30 bits per heavy atom. The maximum Gasteiger partial charge on any atom is 0.257 e. The number of amides is 1. The van der Waals surface area contributed by atoms with Crippen LogP contribution in [0.4, 0.5) is 0 Å². The molecule has 20 heavy (non-hydrogen) atoms. The number of carbonyl (C=O) groups is 1. The highest BCUT2D eigenvalue weighted by Crippen LogP contribution is 2.19. The van der Waals surface area contributed by atoms with Crippen molar-refractivity contribution >= 4 is 5.91 Å². The number of rotatable bonds is 4. The molecule has 0 fully saturated rings. The number of phenolic OH excluding ortho intramolecular Hbond substituents is 1. The van der Waals surface area contributed by atoms with E-state index in [4.69, 9.17) is 0 Å². The minimum Gasteiger partial charge on any atom is -0.507 e. The number of pyridine rings is 1. The summed E-state index contributed by atoms with van der Waals surface area (Å²) in [5.74, 6) is -0.160. The normalized spacial score (nSPS) is 10.3. The Labute approximate surface area is 118 Å². The molecule has 4 heteroatoms. The van der Waals surface area contributed by atoms with Gasteiger partial charge in [-0.1, -0.05) is 17.7 Å². The van der Waals surface area contributed by atoms with Crippen molar-refractivity contribution in [1.29, 1.82) is 0 Å². The molecule has 0 aliphatic carbocycles. The molecule has 1 N–H and O–H groups in total. The van der Waals surface area contributed by atoms with Gasteiger partial charge in [-0.2, -0.15) is 0 Å². The van der Waals surface area contributed by atoms with E-state index in [9.17, 15) is 9.90 Å². The molecule has 2 rings (SSSR count). The summed E-state index contributed by atoms with van der Waals surface area (Å²) in [5, 5.41) is 9.78. The predicted molar refractivity (Wildman–Crippen MR) is 77.7 cm³/mol. The summed E-state index contributed by atoms with van der Waals surface area (Å²) < 4.78 is 0. The number of aromatic nitrogens is 1. The summed E-state index contributed by atoms with van der Waals surface area (Å²) >= 11 is 0. The molecule has 2 aromatic rings. The fourth-order valence-electron chi connectivity index (χ4n) is 1.96. The first-order valence-corrected chi connectivity index (χ1v) is 6.53. The molecule has 0 radical (unpaired) electrons. The van der Waals surface area contributed by atoms with Crippen LogP contribution in [0.1, 0.15) is 21.6 Å². The molecule has 0 atom stereocenters. The minimum absolute atomic E-state index is 0.0188. The molecule has 0 saturated heterocycles.